The van der Waals surface area contributed by atoms with E-state index in [2.05, 4.69) is 41.5 Å². The highest BCUT2D eigenvalue weighted by Gasteiger charge is 2.04. The summed E-state index contributed by atoms with van der Waals surface area (Å²) in [6.45, 7) is 3.67. The second kappa shape index (κ2) is 7.02. The molecule has 3 heteroatoms. The lowest BCUT2D eigenvalue weighted by Gasteiger charge is -2.14. The Morgan fingerprint density at radius 2 is 1.89 bits per heavy atom. The minimum Gasteiger partial charge on any atom is -0.380 e. The lowest BCUT2D eigenvalue weighted by Crippen LogP contribution is -2.18. The highest BCUT2D eigenvalue weighted by molar-refractivity contribution is 5.23. The second-order valence-corrected chi connectivity index (χ2v) is 4.64. The Balaban J connectivity index is 1.93. The van der Waals surface area contributed by atoms with Gasteiger partial charge in [-0.25, -0.2) is 0 Å². The zero-order chi connectivity index (χ0) is 13.5. The molecular formula is C16H20N2O. The molecule has 19 heavy (non-hydrogen) atoms. The number of rotatable bonds is 6. The lowest BCUT2D eigenvalue weighted by molar-refractivity contribution is 0.185. The highest BCUT2D eigenvalue weighted by Crippen LogP contribution is 2.12. The van der Waals surface area contributed by atoms with Crippen molar-refractivity contribution in [3.63, 3.8) is 0 Å². The van der Waals surface area contributed by atoms with Crippen molar-refractivity contribution >= 4 is 0 Å². The van der Waals surface area contributed by atoms with Gasteiger partial charge in [-0.15, -0.1) is 0 Å². The minimum absolute atomic E-state index is 0.314. The van der Waals surface area contributed by atoms with Crippen LogP contribution in [0.5, 0.6) is 0 Å². The number of aromatic nitrogens is 1. The van der Waals surface area contributed by atoms with Gasteiger partial charge in [0, 0.05) is 32.1 Å². The average molecular weight is 256 g/mol. The normalized spacial score (nSPS) is 12.3. The number of nitrogens with zero attached hydrogens (tertiary/aromatic N) is 1. The Labute approximate surface area is 114 Å². The van der Waals surface area contributed by atoms with E-state index in [0.717, 1.165) is 6.54 Å². The SMILES string of the molecule is COCc1cccc(CN[C@H](C)c2ccncc2)c1. The molecule has 2 aromatic rings. The van der Waals surface area contributed by atoms with E-state index in [-0.39, 0.29) is 0 Å². The van der Waals surface area contributed by atoms with Crippen molar-refractivity contribution in [2.24, 2.45) is 0 Å². The summed E-state index contributed by atoms with van der Waals surface area (Å²) in [6.07, 6.45) is 3.65. The lowest BCUT2D eigenvalue weighted by atomic mass is 10.1. The number of methoxy groups -OCH3 is 1. The first-order valence-corrected chi connectivity index (χ1v) is 6.49. The van der Waals surface area contributed by atoms with Crippen molar-refractivity contribution in [2.45, 2.75) is 26.1 Å². The molecule has 0 spiro atoms. The standard InChI is InChI=1S/C16H20N2O/c1-13(16-6-8-17-9-7-16)18-11-14-4-3-5-15(10-14)12-19-2/h3-10,13,18H,11-12H2,1-2H3/t13-/m1/s1. The quantitative estimate of drug-likeness (QED) is 0.862. The first kappa shape index (κ1) is 13.7. The number of hydrogen-bond acceptors (Lipinski definition) is 3. The summed E-state index contributed by atoms with van der Waals surface area (Å²) in [5.74, 6) is 0. The highest BCUT2D eigenvalue weighted by atomic mass is 16.5. The Bertz CT molecular complexity index is 499. The molecule has 0 saturated heterocycles. The van der Waals surface area contributed by atoms with Crippen LogP contribution in [0.1, 0.15) is 29.7 Å². The van der Waals surface area contributed by atoms with Crippen LogP contribution in [0.3, 0.4) is 0 Å². The van der Waals surface area contributed by atoms with Gasteiger partial charge in [0.25, 0.3) is 0 Å². The molecule has 0 aliphatic rings. The summed E-state index contributed by atoms with van der Waals surface area (Å²) < 4.78 is 5.15. The van der Waals surface area contributed by atoms with E-state index in [1.165, 1.54) is 16.7 Å². The van der Waals surface area contributed by atoms with Crippen molar-refractivity contribution in [1.82, 2.24) is 10.3 Å². The maximum Gasteiger partial charge on any atom is 0.0713 e. The molecule has 3 nitrogen and oxygen atoms in total. The summed E-state index contributed by atoms with van der Waals surface area (Å²) in [6, 6.07) is 12.9. The largest absolute Gasteiger partial charge is 0.380 e. The predicted octanol–water partition coefficient (Wildman–Crippen LogP) is 3.08. The Kier molecular flexibility index (Phi) is 5.07. The fraction of sp³-hybridized carbons (Fsp3) is 0.312. The Hall–Kier alpha value is -1.71. The average Bonchev–Trinajstić information content (AvgIpc) is 2.46. The number of pyridine rings is 1. The third-order valence-corrected chi connectivity index (χ3v) is 3.12. The van der Waals surface area contributed by atoms with E-state index >= 15 is 0 Å². The zero-order valence-electron chi connectivity index (χ0n) is 11.5. The molecular weight excluding hydrogens is 236 g/mol. The molecule has 0 bridgehead atoms. The number of hydrogen-bond donors (Lipinski definition) is 1. The smallest absolute Gasteiger partial charge is 0.0713 e. The zero-order valence-corrected chi connectivity index (χ0v) is 11.5. The number of benzene rings is 1. The van der Waals surface area contributed by atoms with E-state index in [1.54, 1.807) is 7.11 Å². The molecule has 1 N–H and O–H groups in total. The molecule has 0 aliphatic heterocycles. The van der Waals surface area contributed by atoms with Gasteiger partial charge in [0.1, 0.15) is 0 Å². The van der Waals surface area contributed by atoms with Crippen LogP contribution in [0.2, 0.25) is 0 Å². The molecule has 100 valence electrons. The van der Waals surface area contributed by atoms with Crippen LogP contribution < -0.4 is 5.32 Å². The summed E-state index contributed by atoms with van der Waals surface area (Å²) in [5.41, 5.74) is 3.73. The van der Waals surface area contributed by atoms with Crippen LogP contribution in [0.4, 0.5) is 0 Å². The van der Waals surface area contributed by atoms with Crippen LogP contribution >= 0.6 is 0 Å². The van der Waals surface area contributed by atoms with Crippen LogP contribution in [0.25, 0.3) is 0 Å². The van der Waals surface area contributed by atoms with Gasteiger partial charge < -0.3 is 10.1 Å². The molecule has 0 aliphatic carbocycles. The van der Waals surface area contributed by atoms with Gasteiger partial charge in [0.15, 0.2) is 0 Å². The molecule has 1 atom stereocenters. The van der Waals surface area contributed by atoms with Gasteiger partial charge in [0.05, 0.1) is 6.61 Å². The molecule has 1 heterocycles. The van der Waals surface area contributed by atoms with Crippen molar-refractivity contribution in [2.75, 3.05) is 7.11 Å². The molecule has 0 amide bonds. The summed E-state index contributed by atoms with van der Waals surface area (Å²) in [4.78, 5) is 4.04. The molecule has 0 saturated carbocycles. The van der Waals surface area contributed by atoms with Gasteiger partial charge in [0.2, 0.25) is 0 Å². The van der Waals surface area contributed by atoms with Gasteiger partial charge in [-0.1, -0.05) is 24.3 Å². The molecule has 1 aromatic heterocycles. The molecule has 0 radical (unpaired) electrons. The number of nitrogens with one attached hydrogen (secondary N) is 1. The first-order valence-electron chi connectivity index (χ1n) is 6.49. The van der Waals surface area contributed by atoms with E-state index in [1.807, 2.05) is 24.5 Å². The van der Waals surface area contributed by atoms with E-state index < -0.39 is 0 Å². The first-order chi connectivity index (χ1) is 9.29. The van der Waals surface area contributed by atoms with Crippen molar-refractivity contribution in [1.29, 1.82) is 0 Å². The maximum absolute atomic E-state index is 5.15. The summed E-state index contributed by atoms with van der Waals surface area (Å²) in [5, 5.41) is 3.52. The Morgan fingerprint density at radius 1 is 1.16 bits per heavy atom. The van der Waals surface area contributed by atoms with Crippen molar-refractivity contribution in [3.05, 3.63) is 65.5 Å². The fourth-order valence-corrected chi connectivity index (χ4v) is 2.04. The predicted molar refractivity (Wildman–Crippen MR) is 76.6 cm³/mol. The van der Waals surface area contributed by atoms with Crippen LogP contribution in [-0.2, 0) is 17.9 Å². The molecule has 1 aromatic carbocycles. The minimum atomic E-state index is 0.314. The number of ether oxygens (including phenoxy) is 1. The second-order valence-electron chi connectivity index (χ2n) is 4.64. The van der Waals surface area contributed by atoms with Crippen molar-refractivity contribution in [3.8, 4) is 0 Å². The maximum atomic E-state index is 5.15. The molecule has 0 fully saturated rings. The summed E-state index contributed by atoms with van der Waals surface area (Å²) in [7, 11) is 1.72. The summed E-state index contributed by atoms with van der Waals surface area (Å²) >= 11 is 0. The topological polar surface area (TPSA) is 34.1 Å². The fourth-order valence-electron chi connectivity index (χ4n) is 2.04. The van der Waals surface area contributed by atoms with Gasteiger partial charge in [-0.3, -0.25) is 4.98 Å². The van der Waals surface area contributed by atoms with Gasteiger partial charge in [-0.05, 0) is 35.7 Å². The van der Waals surface area contributed by atoms with Crippen LogP contribution in [0.15, 0.2) is 48.8 Å². The third-order valence-electron chi connectivity index (χ3n) is 3.12. The Morgan fingerprint density at radius 3 is 2.63 bits per heavy atom. The third kappa shape index (κ3) is 4.16. The molecule has 0 unspecified atom stereocenters. The van der Waals surface area contributed by atoms with E-state index in [9.17, 15) is 0 Å². The van der Waals surface area contributed by atoms with Crippen molar-refractivity contribution < 1.29 is 4.74 Å². The van der Waals surface area contributed by atoms with E-state index in [4.69, 9.17) is 4.74 Å². The van der Waals surface area contributed by atoms with Crippen LogP contribution in [-0.4, -0.2) is 12.1 Å². The molecule has 2 rings (SSSR count). The van der Waals surface area contributed by atoms with E-state index in [0.29, 0.717) is 12.6 Å². The van der Waals surface area contributed by atoms with Gasteiger partial charge in [-0.2, -0.15) is 0 Å². The van der Waals surface area contributed by atoms with Crippen LogP contribution in [0, 0.1) is 0 Å². The van der Waals surface area contributed by atoms with Gasteiger partial charge >= 0.3 is 0 Å². The monoisotopic (exact) mass is 256 g/mol.